The maximum absolute atomic E-state index is 11.3. The molecule has 0 radical (unpaired) electrons. The summed E-state index contributed by atoms with van der Waals surface area (Å²) in [7, 11) is 0. The van der Waals surface area contributed by atoms with Crippen LogP contribution in [-0.2, 0) is 16.0 Å². The summed E-state index contributed by atoms with van der Waals surface area (Å²) >= 11 is 0. The van der Waals surface area contributed by atoms with Gasteiger partial charge < -0.3 is 10.4 Å². The molecule has 0 aliphatic heterocycles. The minimum atomic E-state index is -1.12. The normalized spacial score (nSPS) is 9.81. The summed E-state index contributed by atoms with van der Waals surface area (Å²) in [6.45, 7) is 2.05. The summed E-state index contributed by atoms with van der Waals surface area (Å²) < 4.78 is 0. The molecule has 1 amide bonds. The highest BCUT2D eigenvalue weighted by Crippen LogP contribution is 2.16. The van der Waals surface area contributed by atoms with Crippen molar-refractivity contribution in [3.05, 3.63) is 29.8 Å². The van der Waals surface area contributed by atoms with Crippen LogP contribution >= 0.6 is 0 Å². The highest BCUT2D eigenvalue weighted by Gasteiger charge is 2.09. The van der Waals surface area contributed by atoms with E-state index in [-0.39, 0.29) is 0 Å². The van der Waals surface area contributed by atoms with Crippen molar-refractivity contribution < 1.29 is 14.7 Å². The van der Waals surface area contributed by atoms with E-state index in [0.717, 1.165) is 18.4 Å². The lowest BCUT2D eigenvalue weighted by Crippen LogP contribution is -2.16. The summed E-state index contributed by atoms with van der Waals surface area (Å²) in [5.41, 5.74) is 1.74. The number of benzene rings is 1. The van der Waals surface area contributed by atoms with Gasteiger partial charge in [0.1, 0.15) is 6.42 Å². The Morgan fingerprint density at radius 1 is 1.31 bits per heavy atom. The van der Waals surface area contributed by atoms with Crippen molar-refractivity contribution >= 4 is 17.6 Å². The number of rotatable bonds is 5. The number of amides is 1. The SMILES string of the molecule is CCCc1ccccc1NC(=O)CC(=O)O. The molecular formula is C12H15NO3. The second-order valence-electron chi connectivity index (χ2n) is 3.53. The first kappa shape index (κ1) is 12.2. The van der Waals surface area contributed by atoms with E-state index in [2.05, 4.69) is 12.2 Å². The average Bonchev–Trinajstić information content (AvgIpc) is 2.20. The Morgan fingerprint density at radius 3 is 2.62 bits per heavy atom. The van der Waals surface area contributed by atoms with E-state index in [1.165, 1.54) is 0 Å². The number of aryl methyl sites for hydroxylation is 1. The number of carboxylic acid groups (broad SMARTS) is 1. The number of para-hydroxylation sites is 1. The maximum Gasteiger partial charge on any atom is 0.312 e. The van der Waals surface area contributed by atoms with Gasteiger partial charge in [0.15, 0.2) is 0 Å². The molecule has 1 aromatic rings. The number of anilines is 1. The van der Waals surface area contributed by atoms with E-state index in [0.29, 0.717) is 5.69 Å². The van der Waals surface area contributed by atoms with Crippen molar-refractivity contribution in [1.82, 2.24) is 0 Å². The number of hydrogen-bond donors (Lipinski definition) is 2. The zero-order valence-electron chi connectivity index (χ0n) is 9.19. The number of carboxylic acids is 1. The Bertz CT molecular complexity index is 388. The Morgan fingerprint density at radius 2 is 2.00 bits per heavy atom. The summed E-state index contributed by atoms with van der Waals surface area (Å²) in [4.78, 5) is 21.6. The second-order valence-corrected chi connectivity index (χ2v) is 3.53. The van der Waals surface area contributed by atoms with Crippen molar-refractivity contribution in [2.75, 3.05) is 5.32 Å². The highest BCUT2D eigenvalue weighted by molar-refractivity contribution is 6.01. The summed E-state index contributed by atoms with van der Waals surface area (Å²) in [5.74, 6) is -1.61. The van der Waals surface area contributed by atoms with Gasteiger partial charge in [-0.1, -0.05) is 31.5 Å². The van der Waals surface area contributed by atoms with Gasteiger partial charge in [0.25, 0.3) is 0 Å². The fraction of sp³-hybridized carbons (Fsp3) is 0.333. The van der Waals surface area contributed by atoms with Crippen molar-refractivity contribution in [1.29, 1.82) is 0 Å². The van der Waals surface area contributed by atoms with Gasteiger partial charge in [0.05, 0.1) is 0 Å². The van der Waals surface area contributed by atoms with Crippen LogP contribution in [-0.4, -0.2) is 17.0 Å². The first-order chi connectivity index (χ1) is 7.63. The maximum atomic E-state index is 11.3. The van der Waals surface area contributed by atoms with Gasteiger partial charge in [-0.15, -0.1) is 0 Å². The van der Waals surface area contributed by atoms with Crippen molar-refractivity contribution in [3.63, 3.8) is 0 Å². The molecule has 1 aromatic carbocycles. The molecule has 0 saturated carbocycles. The zero-order chi connectivity index (χ0) is 12.0. The first-order valence-electron chi connectivity index (χ1n) is 5.23. The van der Waals surface area contributed by atoms with Crippen LogP contribution < -0.4 is 5.32 Å². The lowest BCUT2D eigenvalue weighted by atomic mass is 10.1. The molecule has 2 N–H and O–H groups in total. The van der Waals surface area contributed by atoms with Crippen LogP contribution in [0.15, 0.2) is 24.3 Å². The topological polar surface area (TPSA) is 66.4 Å². The first-order valence-corrected chi connectivity index (χ1v) is 5.23. The Labute approximate surface area is 94.3 Å². The van der Waals surface area contributed by atoms with E-state index >= 15 is 0 Å². The van der Waals surface area contributed by atoms with E-state index in [9.17, 15) is 9.59 Å². The van der Waals surface area contributed by atoms with Crippen LogP contribution in [0.3, 0.4) is 0 Å². The fourth-order valence-electron chi connectivity index (χ4n) is 1.46. The molecule has 0 fully saturated rings. The van der Waals surface area contributed by atoms with E-state index < -0.39 is 18.3 Å². The predicted octanol–water partition coefficient (Wildman–Crippen LogP) is 2.05. The van der Waals surface area contributed by atoms with Crippen LogP contribution in [0.4, 0.5) is 5.69 Å². The van der Waals surface area contributed by atoms with Gasteiger partial charge in [0, 0.05) is 5.69 Å². The Balaban J connectivity index is 2.72. The van der Waals surface area contributed by atoms with E-state index in [4.69, 9.17) is 5.11 Å². The molecule has 0 unspecified atom stereocenters. The molecule has 16 heavy (non-hydrogen) atoms. The third-order valence-corrected chi connectivity index (χ3v) is 2.12. The molecule has 4 nitrogen and oxygen atoms in total. The van der Waals surface area contributed by atoms with Gasteiger partial charge in [-0.25, -0.2) is 0 Å². The molecule has 1 rings (SSSR count). The number of carbonyl (C=O) groups excluding carboxylic acids is 1. The van der Waals surface area contributed by atoms with Crippen LogP contribution in [0.2, 0.25) is 0 Å². The van der Waals surface area contributed by atoms with Crippen LogP contribution in [0.25, 0.3) is 0 Å². The van der Waals surface area contributed by atoms with Gasteiger partial charge >= 0.3 is 5.97 Å². The van der Waals surface area contributed by atoms with Gasteiger partial charge in [-0.2, -0.15) is 0 Å². The van der Waals surface area contributed by atoms with Crippen molar-refractivity contribution in [2.24, 2.45) is 0 Å². The fourth-order valence-corrected chi connectivity index (χ4v) is 1.46. The largest absolute Gasteiger partial charge is 0.481 e. The minimum absolute atomic E-state index is 0.490. The monoisotopic (exact) mass is 221 g/mol. The highest BCUT2D eigenvalue weighted by atomic mass is 16.4. The Kier molecular flexibility index (Phi) is 4.51. The molecule has 0 heterocycles. The molecule has 0 aliphatic carbocycles. The molecule has 0 bridgehead atoms. The zero-order valence-corrected chi connectivity index (χ0v) is 9.19. The molecule has 0 atom stereocenters. The molecule has 4 heteroatoms. The van der Waals surface area contributed by atoms with Crippen molar-refractivity contribution in [2.45, 2.75) is 26.2 Å². The van der Waals surface area contributed by atoms with Crippen LogP contribution in [0.5, 0.6) is 0 Å². The molecule has 0 saturated heterocycles. The Hall–Kier alpha value is -1.84. The van der Waals surface area contributed by atoms with E-state index in [1.54, 1.807) is 6.07 Å². The second kappa shape index (κ2) is 5.90. The van der Waals surface area contributed by atoms with Crippen molar-refractivity contribution in [3.8, 4) is 0 Å². The number of nitrogens with one attached hydrogen (secondary N) is 1. The summed E-state index contributed by atoms with van der Waals surface area (Å²) in [5, 5.41) is 11.1. The van der Waals surface area contributed by atoms with Crippen LogP contribution in [0.1, 0.15) is 25.3 Å². The smallest absolute Gasteiger partial charge is 0.312 e. The summed E-state index contributed by atoms with van der Waals surface area (Å²) in [6.07, 6.45) is 1.34. The minimum Gasteiger partial charge on any atom is -0.481 e. The van der Waals surface area contributed by atoms with Gasteiger partial charge in [-0.05, 0) is 18.1 Å². The molecule has 86 valence electrons. The number of hydrogen-bond acceptors (Lipinski definition) is 2. The van der Waals surface area contributed by atoms with Gasteiger partial charge in [-0.3, -0.25) is 9.59 Å². The van der Waals surface area contributed by atoms with Crippen LogP contribution in [0, 0.1) is 0 Å². The molecule has 0 aromatic heterocycles. The standard InChI is InChI=1S/C12H15NO3/c1-2-5-9-6-3-4-7-10(9)13-11(14)8-12(15)16/h3-4,6-7H,2,5,8H2,1H3,(H,13,14)(H,15,16). The predicted molar refractivity (Wildman–Crippen MR) is 61.3 cm³/mol. The average molecular weight is 221 g/mol. The third kappa shape index (κ3) is 3.73. The lowest BCUT2D eigenvalue weighted by molar-refractivity contribution is -0.139. The van der Waals surface area contributed by atoms with Gasteiger partial charge in [0.2, 0.25) is 5.91 Å². The quantitative estimate of drug-likeness (QED) is 0.748. The molecular weight excluding hydrogens is 206 g/mol. The van der Waals surface area contributed by atoms with E-state index in [1.807, 2.05) is 18.2 Å². The number of carbonyl (C=O) groups is 2. The molecule has 0 spiro atoms. The number of aliphatic carboxylic acids is 1. The summed E-state index contributed by atoms with van der Waals surface area (Å²) in [6, 6.07) is 7.43. The third-order valence-electron chi connectivity index (χ3n) is 2.12. The lowest BCUT2D eigenvalue weighted by Gasteiger charge is -2.09. The molecule has 0 aliphatic rings.